The minimum atomic E-state index is 0.627. The molecule has 1 atom stereocenters. The number of anilines is 1. The number of unbranched alkanes of at least 4 members (excludes halogenated alkanes) is 1. The van der Waals surface area contributed by atoms with Crippen LogP contribution in [0.5, 0.6) is 0 Å². The van der Waals surface area contributed by atoms with E-state index >= 15 is 0 Å². The van der Waals surface area contributed by atoms with Gasteiger partial charge in [0.1, 0.15) is 11.6 Å². The summed E-state index contributed by atoms with van der Waals surface area (Å²) < 4.78 is 0. The molecule has 0 radical (unpaired) electrons. The molecule has 106 valence electrons. The van der Waals surface area contributed by atoms with Gasteiger partial charge in [-0.05, 0) is 32.1 Å². The number of aryl methyl sites for hydroxylation is 1. The van der Waals surface area contributed by atoms with Crippen molar-refractivity contribution in [2.75, 3.05) is 11.9 Å². The molecule has 0 amide bonds. The fourth-order valence-corrected chi connectivity index (χ4v) is 2.40. The second-order valence-electron chi connectivity index (χ2n) is 5.82. The van der Waals surface area contributed by atoms with Gasteiger partial charge in [-0.25, -0.2) is 9.97 Å². The molecule has 0 spiro atoms. The molecular weight excluding hydrogens is 234 g/mol. The van der Waals surface area contributed by atoms with Crippen LogP contribution in [0, 0.1) is 12.8 Å². The van der Waals surface area contributed by atoms with Crippen LogP contribution in [-0.2, 0) is 0 Å². The van der Waals surface area contributed by atoms with E-state index in [2.05, 4.69) is 42.1 Å². The van der Waals surface area contributed by atoms with Gasteiger partial charge in [-0.2, -0.15) is 0 Å². The highest BCUT2D eigenvalue weighted by Gasteiger charge is 2.27. The van der Waals surface area contributed by atoms with E-state index < -0.39 is 0 Å². The average Bonchev–Trinajstić information content (AvgIpc) is 3.23. The molecule has 1 heterocycles. The summed E-state index contributed by atoms with van der Waals surface area (Å²) in [6, 6.07) is 2.07. The molecule has 0 saturated heterocycles. The summed E-state index contributed by atoms with van der Waals surface area (Å²) in [5.41, 5.74) is 1.08. The topological polar surface area (TPSA) is 37.8 Å². The van der Waals surface area contributed by atoms with E-state index in [1.807, 2.05) is 0 Å². The van der Waals surface area contributed by atoms with Crippen molar-refractivity contribution in [3.63, 3.8) is 0 Å². The first-order valence-corrected chi connectivity index (χ1v) is 7.82. The van der Waals surface area contributed by atoms with Crippen molar-refractivity contribution >= 4 is 5.82 Å². The summed E-state index contributed by atoms with van der Waals surface area (Å²) in [7, 11) is 0. The van der Waals surface area contributed by atoms with Gasteiger partial charge in [-0.1, -0.05) is 33.1 Å². The van der Waals surface area contributed by atoms with Crippen molar-refractivity contribution in [1.29, 1.82) is 0 Å². The largest absolute Gasteiger partial charge is 0.370 e. The van der Waals surface area contributed by atoms with E-state index in [-0.39, 0.29) is 0 Å². The van der Waals surface area contributed by atoms with Gasteiger partial charge >= 0.3 is 0 Å². The number of hydrogen-bond donors (Lipinski definition) is 1. The van der Waals surface area contributed by atoms with Crippen molar-refractivity contribution in [1.82, 2.24) is 9.97 Å². The average molecular weight is 261 g/mol. The lowest BCUT2D eigenvalue weighted by molar-refractivity contribution is 0.472. The van der Waals surface area contributed by atoms with Crippen LogP contribution in [0.2, 0.25) is 0 Å². The van der Waals surface area contributed by atoms with Crippen molar-refractivity contribution in [2.24, 2.45) is 5.92 Å². The molecule has 1 aliphatic carbocycles. The van der Waals surface area contributed by atoms with Crippen LogP contribution in [0.15, 0.2) is 6.07 Å². The third-order valence-corrected chi connectivity index (χ3v) is 3.93. The van der Waals surface area contributed by atoms with Crippen LogP contribution in [0.3, 0.4) is 0 Å². The highest BCUT2D eigenvalue weighted by atomic mass is 15.0. The van der Waals surface area contributed by atoms with E-state index in [0.29, 0.717) is 5.92 Å². The first-order valence-electron chi connectivity index (χ1n) is 7.82. The quantitative estimate of drug-likeness (QED) is 0.758. The maximum Gasteiger partial charge on any atom is 0.134 e. The fourth-order valence-electron chi connectivity index (χ4n) is 2.40. The number of rotatable bonds is 8. The van der Waals surface area contributed by atoms with Crippen molar-refractivity contribution in [3.05, 3.63) is 17.6 Å². The van der Waals surface area contributed by atoms with Gasteiger partial charge in [0.25, 0.3) is 0 Å². The summed E-state index contributed by atoms with van der Waals surface area (Å²) in [6.45, 7) is 7.64. The van der Waals surface area contributed by atoms with Crippen LogP contribution < -0.4 is 5.32 Å². The molecule has 3 nitrogen and oxygen atoms in total. The van der Waals surface area contributed by atoms with Crippen LogP contribution in [0.1, 0.15) is 69.8 Å². The lowest BCUT2D eigenvalue weighted by Crippen LogP contribution is -2.15. The Morgan fingerprint density at radius 1 is 1.32 bits per heavy atom. The van der Waals surface area contributed by atoms with Gasteiger partial charge in [0.15, 0.2) is 0 Å². The standard InChI is InChI=1S/C16H27N3/c1-4-6-7-13(5-2)11-17-15-10-12(3)18-16(19-15)14-8-9-14/h10,13-14H,4-9,11H2,1-3H3,(H,17,18,19). The van der Waals surface area contributed by atoms with Gasteiger partial charge in [0.05, 0.1) is 0 Å². The normalized spacial score (nSPS) is 16.4. The molecule has 3 heteroatoms. The molecule has 1 unspecified atom stereocenters. The maximum atomic E-state index is 4.66. The SMILES string of the molecule is CCCCC(CC)CNc1cc(C)nc(C2CC2)n1. The van der Waals surface area contributed by atoms with Gasteiger partial charge in [-0.3, -0.25) is 0 Å². The summed E-state index contributed by atoms with van der Waals surface area (Å²) in [6.07, 6.45) is 7.70. The Labute approximate surface area is 117 Å². The van der Waals surface area contributed by atoms with Crippen LogP contribution in [-0.4, -0.2) is 16.5 Å². The molecule has 0 bridgehead atoms. The van der Waals surface area contributed by atoms with Gasteiger partial charge in [0.2, 0.25) is 0 Å². The van der Waals surface area contributed by atoms with Crippen molar-refractivity contribution in [3.8, 4) is 0 Å². The van der Waals surface area contributed by atoms with E-state index in [9.17, 15) is 0 Å². The molecule has 19 heavy (non-hydrogen) atoms. The molecule has 1 aromatic heterocycles. The van der Waals surface area contributed by atoms with Crippen LogP contribution >= 0.6 is 0 Å². The molecule has 1 N–H and O–H groups in total. The Balaban J connectivity index is 1.90. The minimum absolute atomic E-state index is 0.627. The third kappa shape index (κ3) is 4.48. The fraction of sp³-hybridized carbons (Fsp3) is 0.750. The monoisotopic (exact) mass is 261 g/mol. The summed E-state index contributed by atoms with van der Waals surface area (Å²) in [5.74, 6) is 3.45. The molecule has 0 aromatic carbocycles. The van der Waals surface area contributed by atoms with Crippen molar-refractivity contribution in [2.45, 2.75) is 65.2 Å². The van der Waals surface area contributed by atoms with Crippen LogP contribution in [0.4, 0.5) is 5.82 Å². The van der Waals surface area contributed by atoms with E-state index in [1.165, 1.54) is 38.5 Å². The minimum Gasteiger partial charge on any atom is -0.370 e. The zero-order valence-corrected chi connectivity index (χ0v) is 12.6. The summed E-state index contributed by atoms with van der Waals surface area (Å²) >= 11 is 0. The van der Waals surface area contributed by atoms with Crippen LogP contribution in [0.25, 0.3) is 0 Å². The summed E-state index contributed by atoms with van der Waals surface area (Å²) in [4.78, 5) is 9.20. The number of aromatic nitrogens is 2. The second-order valence-corrected chi connectivity index (χ2v) is 5.82. The Morgan fingerprint density at radius 2 is 2.11 bits per heavy atom. The predicted octanol–water partition coefficient (Wildman–Crippen LogP) is 4.29. The van der Waals surface area contributed by atoms with E-state index in [4.69, 9.17) is 0 Å². The number of nitrogens with zero attached hydrogens (tertiary/aromatic N) is 2. The maximum absolute atomic E-state index is 4.66. The lowest BCUT2D eigenvalue weighted by atomic mass is 9.99. The third-order valence-electron chi connectivity index (χ3n) is 3.93. The molecule has 1 fully saturated rings. The Bertz CT molecular complexity index is 399. The van der Waals surface area contributed by atoms with E-state index in [0.717, 1.165) is 29.8 Å². The highest BCUT2D eigenvalue weighted by Crippen LogP contribution is 2.38. The Kier molecular flexibility index (Phi) is 5.17. The second kappa shape index (κ2) is 6.88. The number of nitrogens with one attached hydrogen (secondary N) is 1. The molecule has 1 aromatic rings. The van der Waals surface area contributed by atoms with Crippen molar-refractivity contribution < 1.29 is 0 Å². The summed E-state index contributed by atoms with van der Waals surface area (Å²) in [5, 5.41) is 3.52. The van der Waals surface area contributed by atoms with Gasteiger partial charge < -0.3 is 5.32 Å². The molecule has 2 rings (SSSR count). The van der Waals surface area contributed by atoms with Gasteiger partial charge in [0, 0.05) is 24.2 Å². The van der Waals surface area contributed by atoms with E-state index in [1.54, 1.807) is 0 Å². The number of hydrogen-bond acceptors (Lipinski definition) is 3. The zero-order chi connectivity index (χ0) is 13.7. The smallest absolute Gasteiger partial charge is 0.134 e. The lowest BCUT2D eigenvalue weighted by Gasteiger charge is -2.16. The highest BCUT2D eigenvalue weighted by molar-refractivity contribution is 5.36. The van der Waals surface area contributed by atoms with Gasteiger partial charge in [-0.15, -0.1) is 0 Å². The molecular formula is C16H27N3. The zero-order valence-electron chi connectivity index (χ0n) is 12.6. The first-order chi connectivity index (χ1) is 9.22. The first kappa shape index (κ1) is 14.3. The Hall–Kier alpha value is -1.12. The molecule has 1 saturated carbocycles. The molecule has 1 aliphatic rings. The molecule has 0 aliphatic heterocycles. The predicted molar refractivity (Wildman–Crippen MR) is 80.5 cm³/mol. The Morgan fingerprint density at radius 3 is 2.74 bits per heavy atom.